The molecule has 1 unspecified atom stereocenters. The Bertz CT molecular complexity index is 995. The number of carbonyl (C=O) groups excluding carboxylic acids is 1. The van der Waals surface area contributed by atoms with Crippen molar-refractivity contribution in [1.29, 1.82) is 0 Å². The summed E-state index contributed by atoms with van der Waals surface area (Å²) in [5.74, 6) is 0.253. The van der Waals surface area contributed by atoms with Crippen LogP contribution in [0.15, 0.2) is 58.7 Å². The smallest absolute Gasteiger partial charge is 0.335 e. The fourth-order valence-electron chi connectivity index (χ4n) is 4.14. The summed E-state index contributed by atoms with van der Waals surface area (Å²) in [6, 6.07) is 12.0. The maximum atomic E-state index is 13.6. The number of esters is 1. The SMILES string of the molecule is COC(=O)C1=C2N=C(N)c3cc(OC)ccc3C2(c2ccc(F)cc2)CC1. The topological polar surface area (TPSA) is 73.9 Å². The van der Waals surface area contributed by atoms with Gasteiger partial charge in [-0.1, -0.05) is 18.2 Å². The van der Waals surface area contributed by atoms with Crippen molar-refractivity contribution in [2.75, 3.05) is 14.2 Å². The zero-order chi connectivity index (χ0) is 19.2. The van der Waals surface area contributed by atoms with E-state index in [1.54, 1.807) is 19.2 Å². The van der Waals surface area contributed by atoms with Gasteiger partial charge in [0.15, 0.2) is 0 Å². The average molecular weight is 366 g/mol. The summed E-state index contributed by atoms with van der Waals surface area (Å²) in [6.07, 6.45) is 1.12. The van der Waals surface area contributed by atoms with E-state index in [1.807, 2.05) is 18.2 Å². The van der Waals surface area contributed by atoms with Gasteiger partial charge in [0, 0.05) is 5.56 Å². The van der Waals surface area contributed by atoms with E-state index in [0.29, 0.717) is 35.7 Å². The molecule has 1 aliphatic heterocycles. The Morgan fingerprint density at radius 1 is 1.19 bits per heavy atom. The molecule has 138 valence electrons. The van der Waals surface area contributed by atoms with Crippen molar-refractivity contribution in [3.63, 3.8) is 0 Å². The Balaban J connectivity index is 2.04. The van der Waals surface area contributed by atoms with E-state index in [0.717, 1.165) is 16.7 Å². The molecule has 5 nitrogen and oxygen atoms in total. The molecular formula is C21H19FN2O3. The first kappa shape index (κ1) is 17.3. The number of aliphatic imine (C=N–C) groups is 1. The van der Waals surface area contributed by atoms with Gasteiger partial charge in [-0.3, -0.25) is 0 Å². The molecule has 2 N–H and O–H groups in total. The van der Waals surface area contributed by atoms with Crippen LogP contribution in [0.25, 0.3) is 0 Å². The van der Waals surface area contributed by atoms with Crippen LogP contribution < -0.4 is 10.5 Å². The number of hydrogen-bond acceptors (Lipinski definition) is 5. The zero-order valence-electron chi connectivity index (χ0n) is 15.1. The predicted molar refractivity (Wildman–Crippen MR) is 99.2 cm³/mol. The number of nitrogens with zero attached hydrogens (tertiary/aromatic N) is 1. The van der Waals surface area contributed by atoms with Gasteiger partial charge in [-0.25, -0.2) is 14.2 Å². The summed E-state index contributed by atoms with van der Waals surface area (Å²) in [5, 5.41) is 0. The molecule has 0 radical (unpaired) electrons. The summed E-state index contributed by atoms with van der Waals surface area (Å²) in [5.41, 5.74) is 9.19. The highest BCUT2D eigenvalue weighted by Crippen LogP contribution is 2.54. The van der Waals surface area contributed by atoms with Crippen LogP contribution in [0.3, 0.4) is 0 Å². The molecule has 6 heteroatoms. The number of rotatable bonds is 3. The van der Waals surface area contributed by atoms with E-state index in [2.05, 4.69) is 4.99 Å². The Morgan fingerprint density at radius 2 is 1.93 bits per heavy atom. The second-order valence-corrected chi connectivity index (χ2v) is 6.64. The van der Waals surface area contributed by atoms with Gasteiger partial charge in [-0.2, -0.15) is 0 Å². The van der Waals surface area contributed by atoms with Gasteiger partial charge in [0.25, 0.3) is 0 Å². The highest BCUT2D eigenvalue weighted by Gasteiger charge is 2.49. The van der Waals surface area contributed by atoms with Crippen molar-refractivity contribution in [2.45, 2.75) is 18.3 Å². The van der Waals surface area contributed by atoms with Gasteiger partial charge < -0.3 is 15.2 Å². The first-order chi connectivity index (χ1) is 13.0. The van der Waals surface area contributed by atoms with Crippen molar-refractivity contribution in [1.82, 2.24) is 0 Å². The molecule has 0 saturated carbocycles. The van der Waals surface area contributed by atoms with Crippen LogP contribution in [0, 0.1) is 5.82 Å². The van der Waals surface area contributed by atoms with Gasteiger partial charge >= 0.3 is 5.97 Å². The number of benzene rings is 2. The standard InChI is InChI=1S/C21H19FN2O3/c1-26-14-7-8-17-16(11-14)19(23)24-18-15(20(25)27-2)9-10-21(17,18)12-3-5-13(22)6-4-12/h3-8,11H,9-10H2,1-2H3,(H2,23,24). The quantitative estimate of drug-likeness (QED) is 0.848. The summed E-state index contributed by atoms with van der Waals surface area (Å²) >= 11 is 0. The van der Waals surface area contributed by atoms with Crippen LogP contribution in [-0.2, 0) is 14.9 Å². The molecule has 1 heterocycles. The number of hydrogen-bond donors (Lipinski definition) is 1. The molecule has 4 rings (SSSR count). The molecule has 2 aromatic carbocycles. The number of amidine groups is 1. The molecule has 0 saturated heterocycles. The normalized spacial score (nSPS) is 20.6. The van der Waals surface area contributed by atoms with Gasteiger partial charge in [-0.15, -0.1) is 0 Å². The van der Waals surface area contributed by atoms with Crippen LogP contribution in [0.5, 0.6) is 5.75 Å². The van der Waals surface area contributed by atoms with Crippen molar-refractivity contribution >= 4 is 11.8 Å². The number of halogens is 1. The zero-order valence-corrected chi connectivity index (χ0v) is 15.1. The van der Waals surface area contributed by atoms with Gasteiger partial charge in [0.1, 0.15) is 17.4 Å². The Kier molecular flexibility index (Phi) is 3.98. The number of nitrogens with two attached hydrogens (primary N) is 1. The summed E-state index contributed by atoms with van der Waals surface area (Å²) in [7, 11) is 2.94. The van der Waals surface area contributed by atoms with Crippen LogP contribution in [0.4, 0.5) is 4.39 Å². The number of ether oxygens (including phenoxy) is 2. The largest absolute Gasteiger partial charge is 0.497 e. The highest BCUT2D eigenvalue weighted by molar-refractivity contribution is 6.04. The van der Waals surface area contributed by atoms with Crippen LogP contribution in [0.1, 0.15) is 29.5 Å². The Labute approximate surface area is 156 Å². The van der Waals surface area contributed by atoms with Crippen LogP contribution >= 0.6 is 0 Å². The first-order valence-electron chi connectivity index (χ1n) is 8.62. The number of fused-ring (bicyclic) bond motifs is 3. The van der Waals surface area contributed by atoms with Crippen molar-refractivity contribution in [2.24, 2.45) is 10.7 Å². The van der Waals surface area contributed by atoms with Crippen molar-refractivity contribution in [3.05, 3.63) is 76.2 Å². The van der Waals surface area contributed by atoms with E-state index in [-0.39, 0.29) is 5.82 Å². The molecule has 1 atom stereocenters. The predicted octanol–water partition coefficient (Wildman–Crippen LogP) is 3.06. The third-order valence-electron chi connectivity index (χ3n) is 5.40. The molecule has 0 amide bonds. The number of allylic oxidation sites excluding steroid dienone is 1. The minimum atomic E-state index is -0.679. The lowest BCUT2D eigenvalue weighted by Gasteiger charge is -2.37. The fraction of sp³-hybridized carbons (Fsp3) is 0.238. The lowest BCUT2D eigenvalue weighted by Crippen LogP contribution is -2.35. The van der Waals surface area contributed by atoms with Gasteiger partial charge in [0.05, 0.1) is 30.9 Å². The monoisotopic (exact) mass is 366 g/mol. The molecule has 2 aromatic rings. The summed E-state index contributed by atoms with van der Waals surface area (Å²) in [6.45, 7) is 0. The van der Waals surface area contributed by atoms with E-state index < -0.39 is 11.4 Å². The third kappa shape index (κ3) is 2.44. The van der Waals surface area contributed by atoms with Crippen LogP contribution in [0.2, 0.25) is 0 Å². The molecule has 27 heavy (non-hydrogen) atoms. The summed E-state index contributed by atoms with van der Waals surface area (Å²) in [4.78, 5) is 17.0. The second-order valence-electron chi connectivity index (χ2n) is 6.64. The summed E-state index contributed by atoms with van der Waals surface area (Å²) < 4.78 is 23.8. The third-order valence-corrected chi connectivity index (χ3v) is 5.40. The Hall–Kier alpha value is -3.15. The molecule has 1 aliphatic carbocycles. The molecule has 0 aromatic heterocycles. The average Bonchev–Trinajstić information content (AvgIpc) is 3.08. The minimum Gasteiger partial charge on any atom is -0.497 e. The Morgan fingerprint density at radius 3 is 2.59 bits per heavy atom. The minimum absolute atomic E-state index is 0.319. The molecular weight excluding hydrogens is 347 g/mol. The molecule has 0 fully saturated rings. The van der Waals surface area contributed by atoms with E-state index >= 15 is 0 Å². The van der Waals surface area contributed by atoms with Crippen LogP contribution in [-0.4, -0.2) is 26.0 Å². The number of methoxy groups -OCH3 is 2. The van der Waals surface area contributed by atoms with Gasteiger partial charge in [0.2, 0.25) is 0 Å². The molecule has 0 bridgehead atoms. The van der Waals surface area contributed by atoms with E-state index in [1.165, 1.54) is 19.2 Å². The van der Waals surface area contributed by atoms with Crippen molar-refractivity contribution in [3.8, 4) is 5.75 Å². The fourth-order valence-corrected chi connectivity index (χ4v) is 4.14. The second kappa shape index (κ2) is 6.23. The first-order valence-corrected chi connectivity index (χ1v) is 8.62. The van der Waals surface area contributed by atoms with Gasteiger partial charge in [-0.05, 0) is 48.2 Å². The maximum absolute atomic E-state index is 13.6. The maximum Gasteiger partial charge on any atom is 0.335 e. The van der Waals surface area contributed by atoms with Crippen molar-refractivity contribution < 1.29 is 18.7 Å². The van der Waals surface area contributed by atoms with E-state index in [4.69, 9.17) is 15.2 Å². The highest BCUT2D eigenvalue weighted by atomic mass is 19.1. The lowest BCUT2D eigenvalue weighted by molar-refractivity contribution is -0.136. The molecule has 0 spiro atoms. The lowest BCUT2D eigenvalue weighted by atomic mass is 9.69. The van der Waals surface area contributed by atoms with E-state index in [9.17, 15) is 9.18 Å². The number of carbonyl (C=O) groups is 1. The molecule has 2 aliphatic rings.